The van der Waals surface area contributed by atoms with E-state index in [0.717, 1.165) is 12.0 Å². The summed E-state index contributed by atoms with van der Waals surface area (Å²) in [5, 5.41) is 0.197. The van der Waals surface area contributed by atoms with Gasteiger partial charge in [0, 0.05) is 5.38 Å². The van der Waals surface area contributed by atoms with Gasteiger partial charge in [-0.3, -0.25) is 0 Å². The van der Waals surface area contributed by atoms with Crippen molar-refractivity contribution in [2.75, 3.05) is 5.75 Å². The van der Waals surface area contributed by atoms with Crippen molar-refractivity contribution >= 4 is 21.4 Å². The Morgan fingerprint density at radius 2 is 1.89 bits per heavy atom. The molecule has 1 aromatic carbocycles. The lowest BCUT2D eigenvalue weighted by Crippen LogP contribution is -2.08. The van der Waals surface area contributed by atoms with Crippen LogP contribution < -0.4 is 0 Å². The van der Waals surface area contributed by atoms with E-state index in [9.17, 15) is 8.42 Å². The first kappa shape index (κ1) is 13.9. The molecule has 100 valence electrons. The largest absolute Gasteiger partial charge is 0.224 e. The lowest BCUT2D eigenvalue weighted by atomic mass is 10.1. The molecule has 2 nitrogen and oxygen atoms in total. The molecule has 0 N–H and O–H groups in total. The van der Waals surface area contributed by atoms with Gasteiger partial charge in [0.2, 0.25) is 0 Å². The van der Waals surface area contributed by atoms with Gasteiger partial charge in [-0.1, -0.05) is 19.1 Å². The highest BCUT2D eigenvalue weighted by Gasteiger charge is 2.29. The molecular formula is C14H19ClO2S. The van der Waals surface area contributed by atoms with Gasteiger partial charge in [-0.05, 0) is 49.3 Å². The molecule has 1 aliphatic rings. The first-order valence-electron chi connectivity index (χ1n) is 6.48. The zero-order chi connectivity index (χ0) is 13.2. The number of alkyl halides is 1. The predicted molar refractivity (Wildman–Crippen MR) is 74.9 cm³/mol. The molecular weight excluding hydrogens is 268 g/mol. The van der Waals surface area contributed by atoms with Crippen LogP contribution in [0.25, 0.3) is 0 Å². The normalized spacial score (nSPS) is 17.7. The molecule has 1 unspecified atom stereocenters. The van der Waals surface area contributed by atoms with Crippen LogP contribution in [0.15, 0.2) is 29.2 Å². The number of hydrogen-bond donors (Lipinski definition) is 0. The molecule has 1 saturated carbocycles. The Bertz CT molecular complexity index is 489. The number of halogens is 1. The summed E-state index contributed by atoms with van der Waals surface area (Å²) in [5.74, 6) is 0.877. The van der Waals surface area contributed by atoms with Crippen LogP contribution in [0, 0.1) is 5.92 Å². The van der Waals surface area contributed by atoms with E-state index in [1.165, 1.54) is 12.8 Å². The molecule has 4 heteroatoms. The first-order chi connectivity index (χ1) is 8.53. The molecule has 1 atom stereocenters. The maximum absolute atomic E-state index is 11.9. The molecule has 0 amide bonds. The smallest absolute Gasteiger partial charge is 0.178 e. The number of hydrogen-bond acceptors (Lipinski definition) is 2. The SMILES string of the molecule is CCCS(=O)(=O)c1ccc(CC(Cl)C2CC2)cc1. The van der Waals surface area contributed by atoms with E-state index in [1.54, 1.807) is 12.1 Å². The number of sulfone groups is 1. The van der Waals surface area contributed by atoms with Gasteiger partial charge in [0.05, 0.1) is 10.6 Å². The second-order valence-corrected chi connectivity index (χ2v) is 7.69. The maximum atomic E-state index is 11.9. The minimum Gasteiger partial charge on any atom is -0.224 e. The summed E-state index contributed by atoms with van der Waals surface area (Å²) >= 11 is 6.27. The summed E-state index contributed by atoms with van der Waals surface area (Å²) in [6.07, 6.45) is 3.95. The van der Waals surface area contributed by atoms with Crippen LogP contribution >= 0.6 is 11.6 Å². The summed E-state index contributed by atoms with van der Waals surface area (Å²) in [5.41, 5.74) is 1.12. The molecule has 1 fully saturated rings. The molecule has 2 rings (SSSR count). The Morgan fingerprint density at radius 3 is 2.39 bits per heavy atom. The standard InChI is InChI=1S/C14H19ClO2S/c1-2-9-18(16,17)13-7-3-11(4-8-13)10-14(15)12-5-6-12/h3-4,7-8,12,14H,2,5-6,9-10H2,1H3. The second kappa shape index (κ2) is 5.62. The van der Waals surface area contributed by atoms with Crippen LogP contribution in [0.1, 0.15) is 31.7 Å². The van der Waals surface area contributed by atoms with Crippen LogP contribution in [0.5, 0.6) is 0 Å². The van der Waals surface area contributed by atoms with Gasteiger partial charge < -0.3 is 0 Å². The Hall–Kier alpha value is -0.540. The van der Waals surface area contributed by atoms with Gasteiger partial charge in [-0.2, -0.15) is 0 Å². The molecule has 0 bridgehead atoms. The fourth-order valence-electron chi connectivity index (χ4n) is 2.07. The van der Waals surface area contributed by atoms with Gasteiger partial charge in [-0.25, -0.2) is 8.42 Å². The second-order valence-electron chi connectivity index (χ2n) is 5.02. The highest BCUT2D eigenvalue weighted by molar-refractivity contribution is 7.91. The Balaban J connectivity index is 2.05. The minimum atomic E-state index is -3.09. The monoisotopic (exact) mass is 286 g/mol. The topological polar surface area (TPSA) is 34.1 Å². The lowest BCUT2D eigenvalue weighted by molar-refractivity contribution is 0.594. The van der Waals surface area contributed by atoms with Gasteiger partial charge in [0.25, 0.3) is 0 Å². The third-order valence-corrected chi connectivity index (χ3v) is 5.77. The molecule has 0 radical (unpaired) electrons. The van der Waals surface area contributed by atoms with Gasteiger partial charge >= 0.3 is 0 Å². The van der Waals surface area contributed by atoms with E-state index in [-0.39, 0.29) is 11.1 Å². The highest BCUT2D eigenvalue weighted by Crippen LogP contribution is 2.37. The van der Waals surface area contributed by atoms with Crippen molar-refractivity contribution in [1.29, 1.82) is 0 Å². The van der Waals surface area contributed by atoms with E-state index < -0.39 is 9.84 Å². The Kier molecular flexibility index (Phi) is 4.33. The van der Waals surface area contributed by atoms with Crippen LogP contribution in [-0.2, 0) is 16.3 Å². The van der Waals surface area contributed by atoms with Gasteiger partial charge in [0.15, 0.2) is 9.84 Å². The average Bonchev–Trinajstić information content (AvgIpc) is 3.13. The van der Waals surface area contributed by atoms with Crippen molar-refractivity contribution in [3.05, 3.63) is 29.8 Å². The Labute approximate surface area is 114 Å². The summed E-state index contributed by atoms with van der Waals surface area (Å²) in [6, 6.07) is 7.19. The third kappa shape index (κ3) is 3.48. The average molecular weight is 287 g/mol. The third-order valence-electron chi connectivity index (χ3n) is 3.32. The summed E-state index contributed by atoms with van der Waals surface area (Å²) < 4.78 is 23.7. The number of benzene rings is 1. The van der Waals surface area contributed by atoms with Crippen molar-refractivity contribution in [2.24, 2.45) is 5.92 Å². The van der Waals surface area contributed by atoms with Crippen molar-refractivity contribution in [1.82, 2.24) is 0 Å². The molecule has 18 heavy (non-hydrogen) atoms. The van der Waals surface area contributed by atoms with Crippen LogP contribution in [0.2, 0.25) is 0 Å². The Morgan fingerprint density at radius 1 is 1.28 bits per heavy atom. The molecule has 0 saturated heterocycles. The van der Waals surface area contributed by atoms with Gasteiger partial charge in [0.1, 0.15) is 0 Å². The predicted octanol–water partition coefficient (Wildman–Crippen LogP) is 3.43. The quantitative estimate of drug-likeness (QED) is 0.751. The van der Waals surface area contributed by atoms with Crippen LogP contribution in [-0.4, -0.2) is 19.5 Å². The summed E-state index contributed by atoms with van der Waals surface area (Å²) in [7, 11) is -3.09. The highest BCUT2D eigenvalue weighted by atomic mass is 35.5. The van der Waals surface area contributed by atoms with Gasteiger partial charge in [-0.15, -0.1) is 11.6 Å². The van der Waals surface area contributed by atoms with E-state index in [0.29, 0.717) is 17.2 Å². The number of rotatable bonds is 6. The minimum absolute atomic E-state index is 0.197. The van der Waals surface area contributed by atoms with E-state index in [2.05, 4.69) is 0 Å². The molecule has 0 aromatic heterocycles. The van der Waals surface area contributed by atoms with E-state index in [4.69, 9.17) is 11.6 Å². The zero-order valence-electron chi connectivity index (χ0n) is 10.6. The zero-order valence-corrected chi connectivity index (χ0v) is 12.2. The molecule has 0 spiro atoms. The van der Waals surface area contributed by atoms with Crippen LogP contribution in [0.4, 0.5) is 0 Å². The fraction of sp³-hybridized carbons (Fsp3) is 0.571. The lowest BCUT2D eigenvalue weighted by Gasteiger charge is -2.09. The van der Waals surface area contributed by atoms with Crippen LogP contribution in [0.3, 0.4) is 0 Å². The fourth-order valence-corrected chi connectivity index (χ4v) is 3.82. The first-order valence-corrected chi connectivity index (χ1v) is 8.57. The van der Waals surface area contributed by atoms with Crippen molar-refractivity contribution in [2.45, 2.75) is 42.9 Å². The molecule has 0 aliphatic heterocycles. The van der Waals surface area contributed by atoms with Crippen molar-refractivity contribution < 1.29 is 8.42 Å². The molecule has 1 aromatic rings. The summed E-state index contributed by atoms with van der Waals surface area (Å²) in [4.78, 5) is 0.422. The van der Waals surface area contributed by atoms with E-state index in [1.807, 2.05) is 19.1 Å². The maximum Gasteiger partial charge on any atom is 0.178 e. The molecule has 0 heterocycles. The molecule has 1 aliphatic carbocycles. The van der Waals surface area contributed by atoms with Crippen molar-refractivity contribution in [3.8, 4) is 0 Å². The van der Waals surface area contributed by atoms with E-state index >= 15 is 0 Å². The summed E-state index contributed by atoms with van der Waals surface area (Å²) in [6.45, 7) is 1.87. The van der Waals surface area contributed by atoms with Crippen molar-refractivity contribution in [3.63, 3.8) is 0 Å².